The Morgan fingerprint density at radius 1 is 0.586 bits per heavy atom. The molecule has 0 radical (unpaired) electrons. The van der Waals surface area contributed by atoms with E-state index in [1.165, 1.54) is 57.1 Å². The molecule has 0 aliphatic rings. The Kier molecular flexibility index (Phi) is 23.6. The second-order valence-corrected chi connectivity index (χ2v) is 10.7. The van der Waals surface area contributed by atoms with Gasteiger partial charge in [-0.15, -0.1) is 0 Å². The SMILES string of the molecule is CC(C)(CO)CSSCCCCCCCCCCCOCCOCCOCCO. The van der Waals surface area contributed by atoms with Crippen molar-refractivity contribution in [3.63, 3.8) is 0 Å². The third-order valence-electron chi connectivity index (χ3n) is 4.46. The number of ether oxygens (including phenoxy) is 3. The summed E-state index contributed by atoms with van der Waals surface area (Å²) in [6.45, 7) is 8.12. The van der Waals surface area contributed by atoms with Gasteiger partial charge in [0.05, 0.1) is 39.6 Å². The maximum absolute atomic E-state index is 9.22. The minimum Gasteiger partial charge on any atom is -0.396 e. The largest absolute Gasteiger partial charge is 0.396 e. The van der Waals surface area contributed by atoms with E-state index in [1.807, 2.05) is 21.6 Å². The number of aliphatic hydroxyl groups is 2. The van der Waals surface area contributed by atoms with Gasteiger partial charge >= 0.3 is 0 Å². The molecule has 0 saturated heterocycles. The van der Waals surface area contributed by atoms with Crippen LogP contribution >= 0.6 is 21.6 Å². The van der Waals surface area contributed by atoms with Crippen molar-refractivity contribution in [3.05, 3.63) is 0 Å². The molecule has 0 saturated carbocycles. The van der Waals surface area contributed by atoms with Crippen molar-refractivity contribution in [1.82, 2.24) is 0 Å². The number of hydrogen-bond donors (Lipinski definition) is 2. The van der Waals surface area contributed by atoms with Crippen molar-refractivity contribution in [2.75, 3.05) is 64.4 Å². The zero-order chi connectivity index (χ0) is 21.5. The first-order chi connectivity index (χ1) is 14.1. The summed E-state index contributed by atoms with van der Waals surface area (Å²) in [7, 11) is 3.86. The van der Waals surface area contributed by atoms with Crippen LogP contribution < -0.4 is 0 Å². The molecule has 0 aromatic rings. The Bertz CT molecular complexity index is 320. The van der Waals surface area contributed by atoms with Crippen LogP contribution in [0.15, 0.2) is 0 Å². The van der Waals surface area contributed by atoms with Gasteiger partial charge in [0.1, 0.15) is 0 Å². The molecule has 0 atom stereocenters. The van der Waals surface area contributed by atoms with Gasteiger partial charge in [-0.3, -0.25) is 0 Å². The van der Waals surface area contributed by atoms with Gasteiger partial charge in [0.25, 0.3) is 0 Å². The summed E-state index contributed by atoms with van der Waals surface area (Å²) in [6, 6.07) is 0. The fraction of sp³-hybridized carbons (Fsp3) is 1.00. The molecule has 5 nitrogen and oxygen atoms in total. The van der Waals surface area contributed by atoms with Gasteiger partial charge in [-0.25, -0.2) is 0 Å². The first-order valence-electron chi connectivity index (χ1n) is 11.3. The van der Waals surface area contributed by atoms with Crippen LogP contribution in [0.3, 0.4) is 0 Å². The molecular formula is C22H46O5S2. The van der Waals surface area contributed by atoms with Crippen LogP contribution in [-0.2, 0) is 14.2 Å². The van der Waals surface area contributed by atoms with Gasteiger partial charge in [0.15, 0.2) is 0 Å². The first-order valence-corrected chi connectivity index (χ1v) is 13.8. The van der Waals surface area contributed by atoms with Gasteiger partial charge < -0.3 is 24.4 Å². The van der Waals surface area contributed by atoms with Crippen LogP contribution in [0.2, 0.25) is 0 Å². The van der Waals surface area contributed by atoms with Crippen molar-refractivity contribution in [2.24, 2.45) is 5.41 Å². The molecule has 0 aromatic carbocycles. The zero-order valence-electron chi connectivity index (χ0n) is 18.9. The number of rotatable bonds is 24. The predicted molar refractivity (Wildman–Crippen MR) is 127 cm³/mol. The van der Waals surface area contributed by atoms with Gasteiger partial charge in [0, 0.05) is 24.7 Å². The lowest BCUT2D eigenvalue weighted by Crippen LogP contribution is -2.18. The lowest BCUT2D eigenvalue weighted by molar-refractivity contribution is 0.00719. The van der Waals surface area contributed by atoms with Crippen molar-refractivity contribution >= 4 is 21.6 Å². The highest BCUT2D eigenvalue weighted by molar-refractivity contribution is 8.76. The van der Waals surface area contributed by atoms with Gasteiger partial charge in [-0.2, -0.15) is 0 Å². The van der Waals surface area contributed by atoms with Crippen molar-refractivity contribution in [2.45, 2.75) is 71.6 Å². The third kappa shape index (κ3) is 24.6. The Morgan fingerprint density at radius 2 is 1.07 bits per heavy atom. The highest BCUT2D eigenvalue weighted by Crippen LogP contribution is 2.30. The molecule has 0 unspecified atom stereocenters. The van der Waals surface area contributed by atoms with Crippen LogP contribution in [0.25, 0.3) is 0 Å². The van der Waals surface area contributed by atoms with E-state index in [2.05, 4.69) is 13.8 Å². The quantitative estimate of drug-likeness (QED) is 0.158. The predicted octanol–water partition coefficient (Wildman–Crippen LogP) is 4.94. The molecule has 0 aliphatic heterocycles. The highest BCUT2D eigenvalue weighted by atomic mass is 33.1. The van der Waals surface area contributed by atoms with Gasteiger partial charge in [-0.1, -0.05) is 80.4 Å². The molecular weight excluding hydrogens is 408 g/mol. The summed E-state index contributed by atoms with van der Waals surface area (Å²) in [5.74, 6) is 2.25. The molecule has 0 rings (SSSR count). The van der Waals surface area contributed by atoms with Crippen molar-refractivity contribution in [1.29, 1.82) is 0 Å². The van der Waals surface area contributed by atoms with Crippen LogP contribution in [-0.4, -0.2) is 74.6 Å². The molecule has 0 spiro atoms. The molecule has 0 bridgehead atoms. The molecule has 0 aromatic heterocycles. The summed E-state index contributed by atoms with van der Waals surface area (Å²) in [5.41, 5.74) is 0.0507. The smallest absolute Gasteiger partial charge is 0.0701 e. The lowest BCUT2D eigenvalue weighted by Gasteiger charge is -2.20. The summed E-state index contributed by atoms with van der Waals surface area (Å²) in [6.07, 6.45) is 11.8. The number of unbranched alkanes of at least 4 members (excludes halogenated alkanes) is 8. The second-order valence-electron chi connectivity index (χ2n) is 8.15. The topological polar surface area (TPSA) is 68.2 Å². The zero-order valence-corrected chi connectivity index (χ0v) is 20.5. The van der Waals surface area contributed by atoms with Crippen LogP contribution in [0.1, 0.15) is 71.6 Å². The van der Waals surface area contributed by atoms with E-state index < -0.39 is 0 Å². The Labute approximate surface area is 187 Å². The van der Waals surface area contributed by atoms with E-state index in [0.29, 0.717) is 33.0 Å². The molecule has 7 heteroatoms. The fourth-order valence-electron chi connectivity index (χ4n) is 2.51. The maximum Gasteiger partial charge on any atom is 0.0701 e. The summed E-state index contributed by atoms with van der Waals surface area (Å²) in [4.78, 5) is 0. The highest BCUT2D eigenvalue weighted by Gasteiger charge is 2.15. The van der Waals surface area contributed by atoms with E-state index in [1.54, 1.807) is 0 Å². The lowest BCUT2D eigenvalue weighted by atomic mass is 9.98. The minimum absolute atomic E-state index is 0.0507. The standard InChI is InChI=1S/C22H46O5S2/c1-22(2,20-24)21-29-28-19-11-9-7-5-3-4-6-8-10-13-25-15-17-27-18-16-26-14-12-23/h23-24H,3-21H2,1-2H3. The summed E-state index contributed by atoms with van der Waals surface area (Å²) >= 11 is 0. The molecule has 0 amide bonds. The second kappa shape index (κ2) is 23.2. The van der Waals surface area contributed by atoms with E-state index in [9.17, 15) is 5.11 Å². The molecule has 2 N–H and O–H groups in total. The van der Waals surface area contributed by atoms with Gasteiger partial charge in [0.2, 0.25) is 0 Å². The van der Waals surface area contributed by atoms with E-state index in [-0.39, 0.29) is 18.6 Å². The normalized spacial score (nSPS) is 12.0. The molecule has 0 fully saturated rings. The van der Waals surface area contributed by atoms with Crippen LogP contribution in [0.4, 0.5) is 0 Å². The molecule has 29 heavy (non-hydrogen) atoms. The molecule has 0 aliphatic carbocycles. The van der Waals surface area contributed by atoms with Crippen LogP contribution in [0.5, 0.6) is 0 Å². The number of hydrogen-bond acceptors (Lipinski definition) is 7. The summed E-state index contributed by atoms with van der Waals surface area (Å²) < 4.78 is 16.0. The Hall–Kier alpha value is 0.500. The minimum atomic E-state index is 0.0507. The van der Waals surface area contributed by atoms with E-state index in [4.69, 9.17) is 19.3 Å². The van der Waals surface area contributed by atoms with E-state index in [0.717, 1.165) is 18.8 Å². The maximum atomic E-state index is 9.22. The van der Waals surface area contributed by atoms with Crippen molar-refractivity contribution < 1.29 is 24.4 Å². The van der Waals surface area contributed by atoms with Crippen molar-refractivity contribution in [3.8, 4) is 0 Å². The average molecular weight is 455 g/mol. The van der Waals surface area contributed by atoms with Gasteiger partial charge in [-0.05, 0) is 18.3 Å². The molecule has 176 valence electrons. The number of aliphatic hydroxyl groups excluding tert-OH is 2. The molecule has 0 heterocycles. The Morgan fingerprint density at radius 3 is 1.62 bits per heavy atom. The Balaban J connectivity index is 3.05. The van der Waals surface area contributed by atoms with E-state index >= 15 is 0 Å². The fourth-order valence-corrected chi connectivity index (χ4v) is 5.36. The first kappa shape index (κ1) is 29.5. The average Bonchev–Trinajstić information content (AvgIpc) is 2.71. The van der Waals surface area contributed by atoms with Crippen LogP contribution in [0, 0.1) is 5.41 Å². The third-order valence-corrected chi connectivity index (χ3v) is 7.33. The summed E-state index contributed by atoms with van der Waals surface area (Å²) in [5, 5.41) is 17.8. The monoisotopic (exact) mass is 454 g/mol.